The van der Waals surface area contributed by atoms with E-state index in [0.29, 0.717) is 35.5 Å². The van der Waals surface area contributed by atoms with Gasteiger partial charge in [0.15, 0.2) is 0 Å². The molecule has 0 aliphatic heterocycles. The largest absolute Gasteiger partial charge is 0.272 e. The lowest BCUT2D eigenvalue weighted by atomic mass is 10.1. The van der Waals surface area contributed by atoms with Crippen molar-refractivity contribution in [1.82, 2.24) is 45.3 Å². The van der Waals surface area contributed by atoms with Crippen molar-refractivity contribution in [3.63, 3.8) is 0 Å². The first kappa shape index (κ1) is 48.6. The van der Waals surface area contributed by atoms with Crippen LogP contribution in [0.25, 0.3) is 0 Å². The van der Waals surface area contributed by atoms with E-state index in [1.54, 1.807) is 62.0 Å². The van der Waals surface area contributed by atoms with Crippen LogP contribution in [0.3, 0.4) is 0 Å². The first-order valence-corrected chi connectivity index (χ1v) is 18.5. The Bertz CT molecular complexity index is 1370. The second kappa shape index (κ2) is 30.1. The lowest BCUT2D eigenvalue weighted by molar-refractivity contribution is 0.785. The molecule has 0 amide bonds. The number of rotatable bonds is 8. The first-order chi connectivity index (χ1) is 25.7. The molecule has 5 heterocycles. The monoisotopic (exact) mass is 733 g/mol. The highest BCUT2D eigenvalue weighted by Gasteiger charge is 1.99. The number of hydrogen-bond donors (Lipinski definition) is 0. The molecule has 0 radical (unpaired) electrons. The second-order valence-corrected chi connectivity index (χ2v) is 13.9. The Balaban J connectivity index is 0.000000624. The van der Waals surface area contributed by atoms with Crippen LogP contribution in [0.2, 0.25) is 0 Å². The Morgan fingerprint density at radius 2 is 1.11 bits per heavy atom. The van der Waals surface area contributed by atoms with Crippen LogP contribution in [0.1, 0.15) is 141 Å². The van der Waals surface area contributed by atoms with Gasteiger partial charge in [0.2, 0.25) is 0 Å². The fraction of sp³-hybridized carbons (Fsp3) is 0.409. The van der Waals surface area contributed by atoms with Crippen LogP contribution in [-0.2, 0) is 0 Å². The van der Waals surface area contributed by atoms with E-state index in [9.17, 15) is 0 Å². The van der Waals surface area contributed by atoms with Gasteiger partial charge in [-0.1, -0.05) is 102 Å². The smallest absolute Gasteiger partial charge is 0.115 e. The maximum Gasteiger partial charge on any atom is 0.115 e. The summed E-state index contributed by atoms with van der Waals surface area (Å²) in [6.45, 7) is 32.4. The van der Waals surface area contributed by atoms with Gasteiger partial charge in [-0.05, 0) is 88.8 Å². The summed E-state index contributed by atoms with van der Waals surface area (Å²) in [5.41, 5.74) is 6.97. The van der Waals surface area contributed by atoms with Crippen LogP contribution in [0.15, 0.2) is 128 Å². The van der Waals surface area contributed by atoms with E-state index in [1.165, 1.54) is 16.7 Å². The van der Waals surface area contributed by atoms with Crippen molar-refractivity contribution in [3.8, 4) is 0 Å². The second-order valence-electron chi connectivity index (χ2n) is 13.9. The molecule has 0 N–H and O–H groups in total. The third-order valence-corrected chi connectivity index (χ3v) is 7.37. The molecule has 0 atom stereocenters. The summed E-state index contributed by atoms with van der Waals surface area (Å²) in [6, 6.07) is 9.94. The predicted molar refractivity (Wildman–Crippen MR) is 225 cm³/mol. The first-order valence-electron chi connectivity index (χ1n) is 18.5. The van der Waals surface area contributed by atoms with Gasteiger partial charge in [0, 0.05) is 62.0 Å². The SMILES string of the molecule is C=C/C(=C\N=C)C(C)C.CC(C)c1cccnc1.CC(C)c1cccnn1.CC(C)c1ccnnc1.CC(C)c1cnccn1.CC(C)c1cncnc1. The van der Waals surface area contributed by atoms with E-state index < -0.39 is 0 Å². The van der Waals surface area contributed by atoms with Gasteiger partial charge in [-0.15, -0.1) is 0 Å². The molecule has 290 valence electrons. The van der Waals surface area contributed by atoms with E-state index in [-0.39, 0.29) is 0 Å². The van der Waals surface area contributed by atoms with Crippen LogP contribution in [0.4, 0.5) is 0 Å². The normalized spacial score (nSPS) is 10.4. The molecule has 0 saturated carbocycles. The summed E-state index contributed by atoms with van der Waals surface area (Å²) < 4.78 is 0. The molecule has 5 aromatic rings. The van der Waals surface area contributed by atoms with Crippen LogP contribution in [0, 0.1) is 5.92 Å². The number of hydrogen-bond acceptors (Lipinski definition) is 10. The number of aromatic nitrogens is 9. The Labute approximate surface area is 326 Å². The van der Waals surface area contributed by atoms with Gasteiger partial charge in [-0.3, -0.25) is 19.9 Å². The lowest BCUT2D eigenvalue weighted by Gasteiger charge is -2.01. The zero-order valence-electron chi connectivity index (χ0n) is 34.7. The van der Waals surface area contributed by atoms with E-state index in [4.69, 9.17) is 0 Å². The fourth-order valence-electron chi connectivity index (χ4n) is 3.74. The van der Waals surface area contributed by atoms with Gasteiger partial charge in [0.05, 0.1) is 17.6 Å². The van der Waals surface area contributed by atoms with Crippen LogP contribution >= 0.6 is 0 Å². The molecule has 0 aliphatic carbocycles. The van der Waals surface area contributed by atoms with Crippen LogP contribution in [-0.4, -0.2) is 52.0 Å². The summed E-state index contributed by atoms with van der Waals surface area (Å²) in [5, 5.41) is 15.1. The molecule has 0 aromatic carbocycles. The summed E-state index contributed by atoms with van der Waals surface area (Å²) in [7, 11) is 0. The van der Waals surface area contributed by atoms with Crippen molar-refractivity contribution < 1.29 is 0 Å². The van der Waals surface area contributed by atoms with Gasteiger partial charge in [-0.25, -0.2) is 9.97 Å². The van der Waals surface area contributed by atoms with E-state index in [0.717, 1.165) is 17.0 Å². The van der Waals surface area contributed by atoms with Gasteiger partial charge in [-0.2, -0.15) is 20.4 Å². The summed E-state index contributed by atoms with van der Waals surface area (Å²) in [5.74, 6) is 3.15. The molecular weight excluding hydrogens is 669 g/mol. The van der Waals surface area contributed by atoms with Crippen LogP contribution in [0.5, 0.6) is 0 Å². The summed E-state index contributed by atoms with van der Waals surface area (Å²) in [4.78, 5) is 23.5. The minimum Gasteiger partial charge on any atom is -0.272 e. The van der Waals surface area contributed by atoms with Gasteiger partial charge in [0.1, 0.15) is 6.33 Å². The highest BCUT2D eigenvalue weighted by Crippen LogP contribution is 2.12. The van der Waals surface area contributed by atoms with Crippen LogP contribution < -0.4 is 0 Å². The molecule has 0 aliphatic rings. The van der Waals surface area contributed by atoms with Gasteiger partial charge in [0.25, 0.3) is 0 Å². The predicted octanol–water partition coefficient (Wildman–Crippen LogP) is 11.0. The van der Waals surface area contributed by atoms with Crippen molar-refractivity contribution >= 4 is 6.72 Å². The van der Waals surface area contributed by atoms with Crippen molar-refractivity contribution in [2.75, 3.05) is 0 Å². The average Bonchev–Trinajstić information content (AvgIpc) is 3.19. The molecule has 0 fully saturated rings. The Hall–Kier alpha value is -5.38. The molecule has 54 heavy (non-hydrogen) atoms. The van der Waals surface area contributed by atoms with Crippen molar-refractivity contribution in [2.45, 2.75) is 113 Å². The molecule has 10 heteroatoms. The average molecular weight is 733 g/mol. The van der Waals surface area contributed by atoms with Gasteiger partial charge < -0.3 is 0 Å². The van der Waals surface area contributed by atoms with E-state index in [1.807, 2.05) is 42.9 Å². The quantitative estimate of drug-likeness (QED) is 0.113. The third-order valence-electron chi connectivity index (χ3n) is 7.37. The van der Waals surface area contributed by atoms with Crippen molar-refractivity contribution in [2.24, 2.45) is 10.9 Å². The molecule has 0 bridgehead atoms. The maximum atomic E-state index is 4.12. The Kier molecular flexibility index (Phi) is 27.1. The fourth-order valence-corrected chi connectivity index (χ4v) is 3.74. The minimum atomic E-state index is 0.485. The third kappa shape index (κ3) is 24.0. The number of pyridine rings is 1. The molecule has 5 rings (SSSR count). The molecule has 0 unspecified atom stereocenters. The highest BCUT2D eigenvalue weighted by atomic mass is 15.1. The standard InChI is InChI=1S/C8H11N.C8H13N.4C7H10N2/c1-7(2)8-4-3-5-9-6-8;1-5-8(6-9-4)7(2)3;1-6(2)7-3-8-5-9-4-7;1-6(2)7-5-8-3-4-9-7;1-6(2)7-3-4-8-9-5-7;1-6(2)7-4-3-5-8-9-7/h3-7H,1-2H3;5-7H,1,4H2,2-3H3;4*3-6H,1-2H3/b;8-6+;;;;. The molecule has 5 aromatic heterocycles. The molecule has 0 saturated heterocycles. The highest BCUT2D eigenvalue weighted by molar-refractivity contribution is 5.29. The molecule has 10 nitrogen and oxygen atoms in total. The van der Waals surface area contributed by atoms with Gasteiger partial charge >= 0.3 is 0 Å². The number of nitrogens with zero attached hydrogens (tertiary/aromatic N) is 10. The van der Waals surface area contributed by atoms with E-state index >= 15 is 0 Å². The molecular formula is C44H64N10. The topological polar surface area (TPSA) is 128 Å². The zero-order valence-corrected chi connectivity index (χ0v) is 34.7. The van der Waals surface area contributed by atoms with E-state index in [2.05, 4.69) is 153 Å². The number of aliphatic imine (C=N–C) groups is 1. The number of allylic oxidation sites excluding steroid dienone is 2. The minimum absolute atomic E-state index is 0.485. The Morgan fingerprint density at radius 1 is 0.537 bits per heavy atom. The summed E-state index contributed by atoms with van der Waals surface area (Å²) in [6.07, 6.45) is 22.9. The molecule has 0 spiro atoms. The Morgan fingerprint density at radius 3 is 1.41 bits per heavy atom. The van der Waals surface area contributed by atoms with Crippen molar-refractivity contribution in [3.05, 3.63) is 151 Å². The lowest BCUT2D eigenvalue weighted by Crippen LogP contribution is -1.92. The summed E-state index contributed by atoms with van der Waals surface area (Å²) >= 11 is 0. The van der Waals surface area contributed by atoms with Crippen molar-refractivity contribution in [1.29, 1.82) is 0 Å². The zero-order chi connectivity index (χ0) is 40.7. The maximum absolute atomic E-state index is 4.12.